The number of aromatic amines is 1. The predicted molar refractivity (Wildman–Crippen MR) is 151 cm³/mol. The molecule has 5 unspecified atom stereocenters. The summed E-state index contributed by atoms with van der Waals surface area (Å²) in [5.41, 5.74) is 12.8. The van der Waals surface area contributed by atoms with E-state index in [4.69, 9.17) is 11.5 Å². The first-order chi connectivity index (χ1) is 18.8. The third-order valence-electron chi connectivity index (χ3n) is 6.88. The van der Waals surface area contributed by atoms with E-state index in [1.165, 1.54) is 0 Å². The van der Waals surface area contributed by atoms with Crippen molar-refractivity contribution in [2.24, 2.45) is 23.3 Å². The molecule has 0 aliphatic heterocycles. The fourth-order valence-corrected chi connectivity index (χ4v) is 4.39. The maximum atomic E-state index is 13.3. The summed E-state index contributed by atoms with van der Waals surface area (Å²) in [6.07, 6.45) is 2.26. The maximum Gasteiger partial charge on any atom is 0.326 e. The van der Waals surface area contributed by atoms with Gasteiger partial charge in [0.1, 0.15) is 18.1 Å². The van der Waals surface area contributed by atoms with E-state index in [-0.39, 0.29) is 31.1 Å². The average molecular weight is 559 g/mol. The Balaban J connectivity index is 2.21. The van der Waals surface area contributed by atoms with Crippen LogP contribution in [-0.4, -0.2) is 63.9 Å². The quantitative estimate of drug-likeness (QED) is 0.158. The number of carbonyl (C=O) groups is 5. The summed E-state index contributed by atoms with van der Waals surface area (Å²) in [5, 5.41) is 18.4. The highest BCUT2D eigenvalue weighted by Gasteiger charge is 2.33. The molecule has 9 N–H and O–H groups in total. The maximum absolute atomic E-state index is 13.3. The third kappa shape index (κ3) is 9.37. The first-order valence-corrected chi connectivity index (χ1v) is 13.6. The number of para-hydroxylation sites is 1. The van der Waals surface area contributed by atoms with Crippen molar-refractivity contribution < 1.29 is 29.1 Å². The first-order valence-electron chi connectivity index (χ1n) is 13.6. The lowest BCUT2D eigenvalue weighted by Crippen LogP contribution is -2.59. The Kier molecular flexibility index (Phi) is 12.1. The van der Waals surface area contributed by atoms with Gasteiger partial charge in [-0.2, -0.15) is 0 Å². The van der Waals surface area contributed by atoms with Gasteiger partial charge in [-0.1, -0.05) is 52.3 Å². The van der Waals surface area contributed by atoms with Crippen LogP contribution in [0.3, 0.4) is 0 Å². The van der Waals surface area contributed by atoms with Crippen LogP contribution in [0.25, 0.3) is 10.9 Å². The molecule has 220 valence electrons. The number of carboxylic acids is 1. The number of nitrogens with two attached hydrogens (primary N) is 2. The fraction of sp³-hybridized carbons (Fsp3) is 0.536. The second-order valence-electron chi connectivity index (χ2n) is 10.6. The second kappa shape index (κ2) is 15.0. The number of carboxylic acid groups (broad SMARTS) is 1. The molecule has 0 saturated carbocycles. The van der Waals surface area contributed by atoms with Crippen LogP contribution in [-0.2, 0) is 30.4 Å². The number of rotatable bonds is 16. The largest absolute Gasteiger partial charge is 0.480 e. The van der Waals surface area contributed by atoms with Crippen molar-refractivity contribution in [3.05, 3.63) is 36.0 Å². The number of carbonyl (C=O) groups excluding carboxylic acids is 4. The molecule has 4 amide bonds. The van der Waals surface area contributed by atoms with Crippen molar-refractivity contribution in [3.8, 4) is 0 Å². The molecule has 0 aliphatic rings. The molecule has 40 heavy (non-hydrogen) atoms. The lowest BCUT2D eigenvalue weighted by atomic mass is 9.96. The molecule has 0 spiro atoms. The number of aromatic nitrogens is 1. The van der Waals surface area contributed by atoms with E-state index >= 15 is 0 Å². The van der Waals surface area contributed by atoms with Gasteiger partial charge < -0.3 is 37.5 Å². The van der Waals surface area contributed by atoms with E-state index < -0.39 is 53.8 Å². The summed E-state index contributed by atoms with van der Waals surface area (Å²) in [6, 6.07) is 2.98. The summed E-state index contributed by atoms with van der Waals surface area (Å²) < 4.78 is 0. The summed E-state index contributed by atoms with van der Waals surface area (Å²) in [7, 11) is 0. The fourth-order valence-electron chi connectivity index (χ4n) is 4.39. The molecular formula is C28H42N6O6. The molecule has 0 aliphatic carbocycles. The Hall–Kier alpha value is -3.93. The Morgan fingerprint density at radius 2 is 1.60 bits per heavy atom. The number of primary amides is 1. The lowest BCUT2D eigenvalue weighted by molar-refractivity contribution is -0.142. The zero-order valence-electron chi connectivity index (χ0n) is 23.5. The van der Waals surface area contributed by atoms with Crippen molar-refractivity contribution in [2.75, 3.05) is 0 Å². The molecule has 0 bridgehead atoms. The van der Waals surface area contributed by atoms with Crippen LogP contribution < -0.4 is 27.4 Å². The molecule has 5 atom stereocenters. The van der Waals surface area contributed by atoms with Gasteiger partial charge >= 0.3 is 5.97 Å². The van der Waals surface area contributed by atoms with E-state index in [0.29, 0.717) is 18.4 Å². The number of H-pyrrole nitrogens is 1. The smallest absolute Gasteiger partial charge is 0.326 e. The van der Waals surface area contributed by atoms with Gasteiger partial charge in [-0.05, 0) is 36.3 Å². The van der Waals surface area contributed by atoms with Crippen LogP contribution in [0.5, 0.6) is 0 Å². The zero-order valence-corrected chi connectivity index (χ0v) is 23.5. The molecule has 2 aromatic rings. The van der Waals surface area contributed by atoms with Gasteiger partial charge in [0.25, 0.3) is 0 Å². The molecule has 1 aromatic carbocycles. The number of fused-ring (bicyclic) bond motifs is 1. The van der Waals surface area contributed by atoms with Gasteiger partial charge in [-0.25, -0.2) is 4.79 Å². The number of nitrogens with one attached hydrogen (secondary N) is 4. The Labute approximate surface area is 234 Å². The van der Waals surface area contributed by atoms with Crippen LogP contribution >= 0.6 is 0 Å². The lowest BCUT2D eigenvalue weighted by Gasteiger charge is -2.28. The highest BCUT2D eigenvalue weighted by atomic mass is 16.4. The molecule has 12 nitrogen and oxygen atoms in total. The van der Waals surface area contributed by atoms with Crippen molar-refractivity contribution in [3.63, 3.8) is 0 Å². The summed E-state index contributed by atoms with van der Waals surface area (Å²) in [4.78, 5) is 65.9. The summed E-state index contributed by atoms with van der Waals surface area (Å²) in [6.45, 7) is 7.48. The molecule has 0 saturated heterocycles. The molecule has 1 aromatic heterocycles. The van der Waals surface area contributed by atoms with Crippen LogP contribution in [0.1, 0.15) is 58.9 Å². The average Bonchev–Trinajstić information content (AvgIpc) is 3.30. The predicted octanol–water partition coefficient (Wildman–Crippen LogP) is 0.934. The minimum absolute atomic E-state index is 0.0130. The minimum atomic E-state index is -1.31. The zero-order chi connectivity index (χ0) is 30.0. The number of amides is 4. The normalized spacial score (nSPS) is 15.1. The molecule has 1 heterocycles. The van der Waals surface area contributed by atoms with Gasteiger partial charge in [0.15, 0.2) is 0 Å². The first kappa shape index (κ1) is 32.3. The number of aliphatic carboxylic acids is 1. The van der Waals surface area contributed by atoms with Crippen molar-refractivity contribution >= 4 is 40.5 Å². The van der Waals surface area contributed by atoms with Crippen LogP contribution in [0.2, 0.25) is 0 Å². The highest BCUT2D eigenvalue weighted by molar-refractivity contribution is 5.94. The van der Waals surface area contributed by atoms with Crippen molar-refractivity contribution in [1.82, 2.24) is 20.9 Å². The highest BCUT2D eigenvalue weighted by Crippen LogP contribution is 2.19. The number of hydrogen-bond donors (Lipinski definition) is 7. The van der Waals surface area contributed by atoms with E-state index in [0.717, 1.165) is 10.9 Å². The van der Waals surface area contributed by atoms with Gasteiger partial charge in [-0.15, -0.1) is 0 Å². The van der Waals surface area contributed by atoms with Crippen LogP contribution in [0.4, 0.5) is 0 Å². The van der Waals surface area contributed by atoms with Crippen molar-refractivity contribution in [2.45, 2.75) is 84.0 Å². The monoisotopic (exact) mass is 558 g/mol. The molecule has 12 heteroatoms. The Morgan fingerprint density at radius 1 is 0.950 bits per heavy atom. The standard InChI is InChI=1S/C28H42N6O6/c1-5-16(4)24(34-25(36)19(29)12-15(2)3)27(38)32-21(10-11-23(30)35)26(37)33-22(28(39)40)13-17-14-31-20-9-7-6-8-18(17)20/h6-9,14-16,19,21-22,24,31H,5,10-13,29H2,1-4H3,(H2,30,35)(H,32,38)(H,33,37)(H,34,36)(H,39,40). The second-order valence-corrected chi connectivity index (χ2v) is 10.6. The van der Waals surface area contributed by atoms with E-state index in [1.54, 1.807) is 13.1 Å². The van der Waals surface area contributed by atoms with E-state index in [2.05, 4.69) is 20.9 Å². The SMILES string of the molecule is CCC(C)C(NC(=O)C(N)CC(C)C)C(=O)NC(CCC(N)=O)C(=O)NC(Cc1c[nH]c2ccccc12)C(=O)O. The van der Waals surface area contributed by atoms with Gasteiger partial charge in [0.05, 0.1) is 6.04 Å². The Morgan fingerprint density at radius 3 is 2.20 bits per heavy atom. The summed E-state index contributed by atoms with van der Waals surface area (Å²) in [5.74, 6) is -4.00. The summed E-state index contributed by atoms with van der Waals surface area (Å²) >= 11 is 0. The Bertz CT molecular complexity index is 1190. The minimum Gasteiger partial charge on any atom is -0.480 e. The topological polar surface area (TPSA) is 209 Å². The number of benzene rings is 1. The van der Waals surface area contributed by atoms with Gasteiger partial charge in [0, 0.05) is 29.9 Å². The van der Waals surface area contributed by atoms with Crippen LogP contribution in [0.15, 0.2) is 30.5 Å². The molecule has 0 fully saturated rings. The van der Waals surface area contributed by atoms with E-state index in [9.17, 15) is 29.1 Å². The molecule has 0 radical (unpaired) electrons. The molecular weight excluding hydrogens is 516 g/mol. The number of hydrogen-bond acceptors (Lipinski definition) is 6. The van der Waals surface area contributed by atoms with Crippen LogP contribution in [0, 0.1) is 11.8 Å². The third-order valence-corrected chi connectivity index (χ3v) is 6.88. The van der Waals surface area contributed by atoms with E-state index in [1.807, 2.05) is 45.0 Å². The van der Waals surface area contributed by atoms with Gasteiger partial charge in [0.2, 0.25) is 23.6 Å². The van der Waals surface area contributed by atoms with Gasteiger partial charge in [-0.3, -0.25) is 19.2 Å². The van der Waals surface area contributed by atoms with Crippen molar-refractivity contribution in [1.29, 1.82) is 0 Å². The molecule has 2 rings (SSSR count).